The number of hydrogen-bond acceptors (Lipinski definition) is 7. The molecule has 8 nitrogen and oxygen atoms in total. The van der Waals surface area contributed by atoms with E-state index in [4.69, 9.17) is 20.8 Å². The number of carboxylic acid groups (broad SMARTS) is 1. The number of fused-ring (bicyclic) bond motifs is 1. The molecular formula is C26H31N3O5S. The first kappa shape index (κ1) is 25.1. The highest BCUT2D eigenvalue weighted by molar-refractivity contribution is 7.20. The van der Waals surface area contributed by atoms with Crippen molar-refractivity contribution in [3.05, 3.63) is 64.5 Å². The Labute approximate surface area is 208 Å². The molecule has 35 heavy (non-hydrogen) atoms. The predicted octanol–water partition coefficient (Wildman–Crippen LogP) is 4.05. The van der Waals surface area contributed by atoms with E-state index >= 15 is 0 Å². The van der Waals surface area contributed by atoms with Crippen LogP contribution in [-0.4, -0.2) is 34.3 Å². The third kappa shape index (κ3) is 6.79. The molecule has 6 N–H and O–H groups in total. The van der Waals surface area contributed by atoms with E-state index in [1.807, 2.05) is 24.3 Å². The first-order valence-corrected chi connectivity index (χ1v) is 12.6. The summed E-state index contributed by atoms with van der Waals surface area (Å²) in [6, 6.07) is 15.2. The van der Waals surface area contributed by atoms with Crippen molar-refractivity contribution >= 4 is 33.3 Å². The zero-order chi connectivity index (χ0) is 24.8. The molecule has 0 aliphatic heterocycles. The van der Waals surface area contributed by atoms with Crippen molar-refractivity contribution in [2.45, 2.75) is 57.3 Å². The summed E-state index contributed by atoms with van der Waals surface area (Å²) in [6.45, 7) is 1.41. The van der Waals surface area contributed by atoms with Gasteiger partial charge in [-0.15, -0.1) is 11.3 Å². The van der Waals surface area contributed by atoms with Gasteiger partial charge in [0.05, 0.1) is 11.0 Å². The molecule has 0 bridgehead atoms. The molecule has 0 spiro atoms. The standard InChI is InChI=1S/C26H31N3O5S/c27-22(26(31)32)11-16-2-7-20(8-3-16)34-21-9-4-17(5-10-21)14-28-15-18-1-6-19-13-24(25(30)29-33)35-23(19)12-18/h1,4-6,9-10,12-13,16,20,22,28,33H,2-3,7-8,11,14-15,27H2,(H,29,30)(H,31,32). The maximum Gasteiger partial charge on any atom is 0.320 e. The van der Waals surface area contributed by atoms with Crippen molar-refractivity contribution in [3.63, 3.8) is 0 Å². The van der Waals surface area contributed by atoms with Crippen LogP contribution in [0, 0.1) is 5.92 Å². The normalized spacial score (nSPS) is 18.8. The summed E-state index contributed by atoms with van der Waals surface area (Å²) in [4.78, 5) is 23.0. The van der Waals surface area contributed by atoms with E-state index in [-0.39, 0.29) is 6.10 Å². The van der Waals surface area contributed by atoms with Gasteiger partial charge >= 0.3 is 5.97 Å². The fourth-order valence-electron chi connectivity index (χ4n) is 4.53. The second-order valence-corrected chi connectivity index (χ2v) is 10.2. The summed E-state index contributed by atoms with van der Waals surface area (Å²) < 4.78 is 7.14. The molecule has 1 amide bonds. The van der Waals surface area contributed by atoms with Gasteiger partial charge in [-0.2, -0.15) is 0 Å². The van der Waals surface area contributed by atoms with E-state index in [9.17, 15) is 9.59 Å². The number of carbonyl (C=O) groups is 2. The molecule has 0 radical (unpaired) electrons. The van der Waals surface area contributed by atoms with Crippen LogP contribution >= 0.6 is 11.3 Å². The first-order chi connectivity index (χ1) is 16.9. The Morgan fingerprint density at radius 1 is 1.03 bits per heavy atom. The molecule has 4 rings (SSSR count). The number of hydrogen-bond donors (Lipinski definition) is 5. The zero-order valence-electron chi connectivity index (χ0n) is 19.4. The average molecular weight is 498 g/mol. The lowest BCUT2D eigenvalue weighted by atomic mass is 9.83. The maximum atomic E-state index is 11.6. The van der Waals surface area contributed by atoms with E-state index in [0.29, 0.717) is 23.8 Å². The van der Waals surface area contributed by atoms with Crippen molar-refractivity contribution in [1.82, 2.24) is 10.8 Å². The summed E-state index contributed by atoms with van der Waals surface area (Å²) in [6.07, 6.45) is 4.42. The molecule has 186 valence electrons. The van der Waals surface area contributed by atoms with E-state index in [1.165, 1.54) is 11.3 Å². The largest absolute Gasteiger partial charge is 0.490 e. The number of rotatable bonds is 10. The van der Waals surface area contributed by atoms with Crippen LogP contribution < -0.4 is 21.3 Å². The molecule has 1 heterocycles. The summed E-state index contributed by atoms with van der Waals surface area (Å²) in [5.74, 6) is -0.210. The van der Waals surface area contributed by atoms with Gasteiger partial charge in [0, 0.05) is 17.8 Å². The molecule has 0 saturated heterocycles. The lowest BCUT2D eigenvalue weighted by molar-refractivity contribution is -0.139. The van der Waals surface area contributed by atoms with E-state index < -0.39 is 17.9 Å². The van der Waals surface area contributed by atoms with Gasteiger partial charge in [-0.1, -0.05) is 24.3 Å². The molecule has 3 aromatic rings. The number of aliphatic carboxylic acids is 1. The lowest BCUT2D eigenvalue weighted by Crippen LogP contribution is -2.34. The van der Waals surface area contributed by atoms with Crippen LogP contribution in [0.4, 0.5) is 0 Å². The summed E-state index contributed by atoms with van der Waals surface area (Å²) in [5, 5.41) is 22.2. The number of nitrogens with two attached hydrogens (primary N) is 1. The quantitative estimate of drug-likeness (QED) is 0.211. The molecule has 1 aliphatic rings. The molecule has 1 aliphatic carbocycles. The Morgan fingerprint density at radius 2 is 1.71 bits per heavy atom. The van der Waals surface area contributed by atoms with Crippen LogP contribution in [0.2, 0.25) is 0 Å². The van der Waals surface area contributed by atoms with E-state index in [2.05, 4.69) is 23.5 Å². The number of thiophene rings is 1. The maximum absolute atomic E-state index is 11.6. The predicted molar refractivity (Wildman–Crippen MR) is 135 cm³/mol. The number of ether oxygens (including phenoxy) is 1. The molecule has 1 unspecified atom stereocenters. The number of carboxylic acids is 1. The van der Waals surface area contributed by atoms with Crippen LogP contribution in [0.25, 0.3) is 10.1 Å². The number of carbonyl (C=O) groups excluding carboxylic acids is 1. The van der Waals surface area contributed by atoms with Crippen LogP contribution in [0.15, 0.2) is 48.5 Å². The fourth-order valence-corrected chi connectivity index (χ4v) is 5.54. The van der Waals surface area contributed by atoms with Crippen LogP contribution in [0.1, 0.15) is 52.9 Å². The topological polar surface area (TPSA) is 134 Å². The zero-order valence-corrected chi connectivity index (χ0v) is 20.2. The third-order valence-corrected chi connectivity index (χ3v) is 7.59. The van der Waals surface area contributed by atoms with Gasteiger partial charge in [-0.05, 0) is 78.8 Å². The second kappa shape index (κ2) is 11.6. The number of nitrogens with one attached hydrogen (secondary N) is 2. The minimum absolute atomic E-state index is 0.160. The van der Waals surface area contributed by atoms with Crippen molar-refractivity contribution in [3.8, 4) is 5.75 Å². The van der Waals surface area contributed by atoms with Gasteiger partial charge in [0.25, 0.3) is 5.91 Å². The number of hydroxylamine groups is 1. The van der Waals surface area contributed by atoms with Gasteiger partial charge in [0.2, 0.25) is 0 Å². The minimum Gasteiger partial charge on any atom is -0.490 e. The van der Waals surface area contributed by atoms with Crippen LogP contribution in [0.3, 0.4) is 0 Å². The minimum atomic E-state index is -0.926. The monoisotopic (exact) mass is 497 g/mol. The Morgan fingerprint density at radius 3 is 2.40 bits per heavy atom. The van der Waals surface area contributed by atoms with Crippen LogP contribution in [-0.2, 0) is 17.9 Å². The van der Waals surface area contributed by atoms with E-state index in [1.54, 1.807) is 11.5 Å². The van der Waals surface area contributed by atoms with E-state index in [0.717, 1.165) is 59.2 Å². The van der Waals surface area contributed by atoms with Gasteiger partial charge in [-0.3, -0.25) is 14.8 Å². The van der Waals surface area contributed by atoms with Gasteiger partial charge < -0.3 is 20.9 Å². The third-order valence-electron chi connectivity index (χ3n) is 6.49. The first-order valence-electron chi connectivity index (χ1n) is 11.8. The van der Waals surface area contributed by atoms with Crippen molar-refractivity contribution in [2.24, 2.45) is 11.7 Å². The number of amides is 1. The number of benzene rings is 2. The highest BCUT2D eigenvalue weighted by Crippen LogP contribution is 2.30. The summed E-state index contributed by atoms with van der Waals surface area (Å²) in [7, 11) is 0. The summed E-state index contributed by atoms with van der Waals surface area (Å²) in [5.41, 5.74) is 9.62. The SMILES string of the molecule is NC(CC1CCC(Oc2ccc(CNCc3ccc4cc(C(=O)NO)sc4c3)cc2)CC1)C(=O)O. The fraction of sp³-hybridized carbons (Fsp3) is 0.385. The smallest absolute Gasteiger partial charge is 0.320 e. The highest BCUT2D eigenvalue weighted by Gasteiger charge is 2.25. The van der Waals surface area contributed by atoms with Crippen molar-refractivity contribution < 1.29 is 24.6 Å². The van der Waals surface area contributed by atoms with Gasteiger partial charge in [0.15, 0.2) is 0 Å². The van der Waals surface area contributed by atoms with Gasteiger partial charge in [0.1, 0.15) is 11.8 Å². The molecule has 1 saturated carbocycles. The Balaban J connectivity index is 1.21. The van der Waals surface area contributed by atoms with Gasteiger partial charge in [-0.25, -0.2) is 5.48 Å². The Kier molecular flexibility index (Phi) is 8.35. The lowest BCUT2D eigenvalue weighted by Gasteiger charge is -2.29. The molecule has 1 fully saturated rings. The Hall–Kier alpha value is -2.98. The van der Waals surface area contributed by atoms with Crippen molar-refractivity contribution in [2.75, 3.05) is 0 Å². The molecule has 1 atom stereocenters. The Bertz CT molecular complexity index is 1160. The summed E-state index contributed by atoms with van der Waals surface area (Å²) >= 11 is 1.35. The second-order valence-electron chi connectivity index (χ2n) is 9.11. The average Bonchev–Trinajstić information content (AvgIpc) is 3.29. The molecule has 1 aromatic heterocycles. The molecular weight excluding hydrogens is 466 g/mol. The van der Waals surface area contributed by atoms with Crippen LogP contribution in [0.5, 0.6) is 5.75 Å². The molecule has 2 aromatic carbocycles. The van der Waals surface area contributed by atoms with Crippen molar-refractivity contribution in [1.29, 1.82) is 0 Å². The molecule has 9 heteroatoms. The highest BCUT2D eigenvalue weighted by atomic mass is 32.1.